The van der Waals surface area contributed by atoms with Crippen molar-refractivity contribution >= 4 is 33.0 Å². The average Bonchev–Trinajstić information content (AvgIpc) is 3.20. The molecule has 10 heteroatoms. The van der Waals surface area contributed by atoms with Gasteiger partial charge in [0.05, 0.1) is 10.7 Å². The van der Waals surface area contributed by atoms with Gasteiger partial charge in [0.25, 0.3) is 10.0 Å². The number of sulfonamides is 1. The minimum absolute atomic E-state index is 0.0556. The maximum atomic E-state index is 14.7. The fourth-order valence-electron chi connectivity index (χ4n) is 3.13. The highest BCUT2D eigenvalue weighted by atomic mass is 32.2. The summed E-state index contributed by atoms with van der Waals surface area (Å²) in [7, 11) is -4.04. The lowest BCUT2D eigenvalue weighted by atomic mass is 9.99. The molecule has 0 amide bonds. The quantitative estimate of drug-likeness (QED) is 0.652. The van der Waals surface area contributed by atoms with E-state index in [1.54, 1.807) is 30.6 Å². The van der Waals surface area contributed by atoms with Crippen LogP contribution in [-0.2, 0) is 16.6 Å². The molecule has 0 saturated carbocycles. The van der Waals surface area contributed by atoms with E-state index >= 15 is 0 Å². The van der Waals surface area contributed by atoms with Crippen LogP contribution < -0.4 is 10.6 Å². The molecule has 1 aromatic heterocycles. The van der Waals surface area contributed by atoms with E-state index in [2.05, 4.69) is 20.0 Å². The van der Waals surface area contributed by atoms with Gasteiger partial charge in [0.2, 0.25) is 5.96 Å². The van der Waals surface area contributed by atoms with Crippen molar-refractivity contribution in [2.45, 2.75) is 24.3 Å². The summed E-state index contributed by atoms with van der Waals surface area (Å²) < 4.78 is 57.1. The normalized spacial score (nSPS) is 15.8. The first-order valence-electron chi connectivity index (χ1n) is 8.67. The smallest absolute Gasteiger partial charge is 0.287 e. The van der Waals surface area contributed by atoms with E-state index in [1.807, 2.05) is 0 Å². The SMILES string of the molecule is CC(c1nccs1)c1c(F)ccc2c1NC(NCc1cccc(F)c1)=NS2(=O)=O. The molecular formula is C19H16F2N4O2S2. The van der Waals surface area contributed by atoms with Crippen LogP contribution in [-0.4, -0.2) is 19.4 Å². The maximum Gasteiger partial charge on any atom is 0.287 e. The monoisotopic (exact) mass is 434 g/mol. The topological polar surface area (TPSA) is 83.4 Å². The van der Waals surface area contributed by atoms with Crippen molar-refractivity contribution in [3.63, 3.8) is 0 Å². The molecule has 6 nitrogen and oxygen atoms in total. The molecule has 0 saturated heterocycles. The van der Waals surface area contributed by atoms with Crippen LogP contribution in [0.2, 0.25) is 0 Å². The fourth-order valence-corrected chi connectivity index (χ4v) is 4.95. The first kappa shape index (κ1) is 19.5. The van der Waals surface area contributed by atoms with Crippen molar-refractivity contribution < 1.29 is 17.2 Å². The van der Waals surface area contributed by atoms with E-state index in [-0.39, 0.29) is 28.7 Å². The first-order chi connectivity index (χ1) is 13.8. The number of aromatic nitrogens is 1. The minimum Gasteiger partial charge on any atom is -0.351 e. The Morgan fingerprint density at radius 2 is 2.07 bits per heavy atom. The zero-order valence-electron chi connectivity index (χ0n) is 15.2. The number of nitrogens with zero attached hydrogens (tertiary/aromatic N) is 2. The van der Waals surface area contributed by atoms with Crippen LogP contribution in [0.15, 0.2) is 57.3 Å². The molecule has 2 aromatic carbocycles. The van der Waals surface area contributed by atoms with Crippen LogP contribution >= 0.6 is 11.3 Å². The summed E-state index contributed by atoms with van der Waals surface area (Å²) in [5, 5.41) is 8.17. The van der Waals surface area contributed by atoms with Gasteiger partial charge in [-0.15, -0.1) is 15.7 Å². The molecule has 1 unspecified atom stereocenters. The highest BCUT2D eigenvalue weighted by molar-refractivity contribution is 7.90. The fraction of sp³-hybridized carbons (Fsp3) is 0.158. The number of thiazole rings is 1. The molecule has 1 aliphatic rings. The lowest BCUT2D eigenvalue weighted by Gasteiger charge is -2.24. The highest BCUT2D eigenvalue weighted by Crippen LogP contribution is 2.39. The van der Waals surface area contributed by atoms with Crippen LogP contribution in [0.4, 0.5) is 14.5 Å². The summed E-state index contributed by atoms with van der Waals surface area (Å²) in [5.41, 5.74) is 0.929. The van der Waals surface area contributed by atoms with Crippen molar-refractivity contribution in [2.24, 2.45) is 4.40 Å². The van der Waals surface area contributed by atoms with Gasteiger partial charge in [-0.05, 0) is 29.8 Å². The number of anilines is 1. The summed E-state index contributed by atoms with van der Waals surface area (Å²) in [5.74, 6) is -1.46. The molecule has 0 fully saturated rings. The number of halogens is 2. The van der Waals surface area contributed by atoms with Crippen LogP contribution in [0.3, 0.4) is 0 Å². The van der Waals surface area contributed by atoms with E-state index in [9.17, 15) is 17.2 Å². The standard InChI is InChI=1S/C19H16F2N4O2S2/c1-11(18-22-7-8-28-18)16-14(21)5-6-15-17(16)24-19(25-29(15,26)27)23-10-12-3-2-4-13(20)9-12/h2-9,11H,10H2,1H3,(H2,23,24,25). The van der Waals surface area contributed by atoms with Gasteiger partial charge < -0.3 is 10.6 Å². The van der Waals surface area contributed by atoms with E-state index in [4.69, 9.17) is 0 Å². The minimum atomic E-state index is -4.04. The summed E-state index contributed by atoms with van der Waals surface area (Å²) in [6.07, 6.45) is 1.61. The van der Waals surface area contributed by atoms with E-state index in [0.717, 1.165) is 6.07 Å². The number of hydrogen-bond donors (Lipinski definition) is 2. The number of nitrogens with one attached hydrogen (secondary N) is 2. The Bertz CT molecular complexity index is 1190. The van der Waals surface area contributed by atoms with Gasteiger partial charge in [-0.1, -0.05) is 19.1 Å². The predicted octanol–water partition coefficient (Wildman–Crippen LogP) is 3.83. The molecule has 0 bridgehead atoms. The highest BCUT2D eigenvalue weighted by Gasteiger charge is 2.31. The molecule has 150 valence electrons. The Balaban J connectivity index is 1.69. The first-order valence-corrected chi connectivity index (χ1v) is 11.0. The second-order valence-electron chi connectivity index (χ2n) is 6.45. The lowest BCUT2D eigenvalue weighted by molar-refractivity contribution is 0.591. The third kappa shape index (κ3) is 3.85. The van der Waals surface area contributed by atoms with Gasteiger partial charge in [-0.25, -0.2) is 13.8 Å². The molecule has 1 aliphatic heterocycles. The number of guanidine groups is 1. The van der Waals surface area contributed by atoms with Gasteiger partial charge in [-0.2, -0.15) is 8.42 Å². The van der Waals surface area contributed by atoms with Crippen molar-refractivity contribution in [3.05, 3.63) is 75.7 Å². The Hall–Kier alpha value is -2.85. The molecule has 3 aromatic rings. The van der Waals surface area contributed by atoms with Gasteiger partial charge in [0, 0.05) is 29.6 Å². The largest absolute Gasteiger partial charge is 0.351 e. The zero-order valence-corrected chi connectivity index (χ0v) is 16.8. The van der Waals surface area contributed by atoms with Crippen molar-refractivity contribution in [3.8, 4) is 0 Å². The number of fused-ring (bicyclic) bond motifs is 1. The molecule has 29 heavy (non-hydrogen) atoms. The van der Waals surface area contributed by atoms with Crippen LogP contribution in [0.5, 0.6) is 0 Å². The van der Waals surface area contributed by atoms with Gasteiger partial charge in [0.1, 0.15) is 16.5 Å². The molecule has 1 atom stereocenters. The van der Waals surface area contributed by atoms with Crippen molar-refractivity contribution in [1.29, 1.82) is 0 Å². The molecule has 0 aliphatic carbocycles. The van der Waals surface area contributed by atoms with E-state index < -0.39 is 27.6 Å². The Morgan fingerprint density at radius 3 is 2.79 bits per heavy atom. The molecule has 0 radical (unpaired) electrons. The number of benzene rings is 2. The second-order valence-corrected chi connectivity index (χ2v) is 8.95. The van der Waals surface area contributed by atoms with E-state index in [1.165, 1.54) is 29.5 Å². The van der Waals surface area contributed by atoms with Gasteiger partial charge in [-0.3, -0.25) is 0 Å². The van der Waals surface area contributed by atoms with Crippen molar-refractivity contribution in [2.75, 3.05) is 5.32 Å². The Kier molecular flexibility index (Phi) is 5.05. The Labute approximate surface area is 170 Å². The Morgan fingerprint density at radius 1 is 1.24 bits per heavy atom. The van der Waals surface area contributed by atoms with Crippen LogP contribution in [0.25, 0.3) is 0 Å². The summed E-state index contributed by atoms with van der Waals surface area (Å²) in [6, 6.07) is 8.20. The summed E-state index contributed by atoms with van der Waals surface area (Å²) in [4.78, 5) is 4.11. The number of hydrogen-bond acceptors (Lipinski definition) is 6. The van der Waals surface area contributed by atoms with Gasteiger partial charge in [0.15, 0.2) is 0 Å². The van der Waals surface area contributed by atoms with Gasteiger partial charge >= 0.3 is 0 Å². The molecule has 2 N–H and O–H groups in total. The third-order valence-corrected chi connectivity index (χ3v) is 6.77. The average molecular weight is 434 g/mol. The van der Waals surface area contributed by atoms with Crippen LogP contribution in [0.1, 0.15) is 29.0 Å². The molecular weight excluding hydrogens is 418 g/mol. The van der Waals surface area contributed by atoms with Crippen molar-refractivity contribution in [1.82, 2.24) is 10.3 Å². The zero-order chi connectivity index (χ0) is 20.6. The van der Waals surface area contributed by atoms with Crippen LogP contribution in [0, 0.1) is 11.6 Å². The molecule has 2 heterocycles. The second kappa shape index (κ2) is 7.53. The molecule has 4 rings (SSSR count). The predicted molar refractivity (Wildman–Crippen MR) is 108 cm³/mol. The lowest BCUT2D eigenvalue weighted by Crippen LogP contribution is -2.35. The third-order valence-electron chi connectivity index (χ3n) is 4.49. The maximum absolute atomic E-state index is 14.7. The van der Waals surface area contributed by atoms with E-state index in [0.29, 0.717) is 10.6 Å². The summed E-state index contributed by atoms with van der Waals surface area (Å²) in [6.45, 7) is 1.90. The summed E-state index contributed by atoms with van der Waals surface area (Å²) >= 11 is 1.36. The molecule has 0 spiro atoms. The number of rotatable bonds is 4.